The summed E-state index contributed by atoms with van der Waals surface area (Å²) in [7, 11) is -2.20. The molecule has 1 N–H and O–H groups in total. The van der Waals surface area contributed by atoms with E-state index in [-0.39, 0.29) is 22.7 Å². The van der Waals surface area contributed by atoms with Crippen LogP contribution in [0.4, 0.5) is 0 Å². The van der Waals surface area contributed by atoms with E-state index in [0.717, 1.165) is 5.56 Å². The van der Waals surface area contributed by atoms with Crippen LogP contribution in [0.1, 0.15) is 23.5 Å². The number of hydrogen-bond donors (Lipinski definition) is 1. The lowest BCUT2D eigenvalue weighted by Gasteiger charge is -2.07. The van der Waals surface area contributed by atoms with Crippen molar-refractivity contribution in [2.24, 2.45) is 5.92 Å². The minimum absolute atomic E-state index is 0.0162. The predicted molar refractivity (Wildman–Crippen MR) is 93.9 cm³/mol. The standard InChI is InChI=1S/C17H17ClN2O4S/c1-24-13-4-2-3-12(7-13)14-8-15(14)17(21)20-25(22,23)10-11-5-6-16(18)19-9-11/h2-7,9,14-15H,8,10H2,1H3,(H,20,21)/t14-,15+/m1/s1. The Morgan fingerprint density at radius 3 is 2.84 bits per heavy atom. The molecule has 1 heterocycles. The molecule has 0 radical (unpaired) electrons. The number of sulfonamides is 1. The van der Waals surface area contributed by atoms with Gasteiger partial charge in [0.15, 0.2) is 0 Å². The molecule has 0 unspecified atom stereocenters. The molecule has 1 aliphatic carbocycles. The number of benzene rings is 1. The molecule has 2 atom stereocenters. The zero-order valence-electron chi connectivity index (χ0n) is 13.5. The Hall–Kier alpha value is -2.12. The highest BCUT2D eigenvalue weighted by Gasteiger charge is 2.45. The molecule has 6 nitrogen and oxygen atoms in total. The molecule has 25 heavy (non-hydrogen) atoms. The van der Waals surface area contributed by atoms with E-state index >= 15 is 0 Å². The average molecular weight is 381 g/mol. The van der Waals surface area contributed by atoms with Crippen molar-refractivity contribution in [3.63, 3.8) is 0 Å². The SMILES string of the molecule is COc1cccc([C@H]2C[C@@H]2C(=O)NS(=O)(=O)Cc2ccc(Cl)nc2)c1. The third-order valence-electron chi connectivity index (χ3n) is 4.05. The molecule has 1 amide bonds. The summed E-state index contributed by atoms with van der Waals surface area (Å²) in [6.45, 7) is 0. The van der Waals surface area contributed by atoms with Gasteiger partial charge in [-0.1, -0.05) is 29.8 Å². The van der Waals surface area contributed by atoms with Crippen LogP contribution in [0.2, 0.25) is 5.15 Å². The molecular weight excluding hydrogens is 364 g/mol. The van der Waals surface area contributed by atoms with Crippen molar-refractivity contribution in [1.29, 1.82) is 0 Å². The molecule has 0 bridgehead atoms. The number of carbonyl (C=O) groups is 1. The summed E-state index contributed by atoms with van der Waals surface area (Å²) in [5.41, 5.74) is 1.43. The second kappa shape index (κ2) is 7.01. The Bertz CT molecular complexity index is 884. The first-order chi connectivity index (χ1) is 11.9. The minimum atomic E-state index is -3.78. The van der Waals surface area contributed by atoms with Crippen LogP contribution in [0.15, 0.2) is 42.6 Å². The predicted octanol–water partition coefficient (Wildman–Crippen LogP) is 2.49. The number of pyridine rings is 1. The molecule has 0 saturated heterocycles. The average Bonchev–Trinajstić information content (AvgIpc) is 3.37. The normalized spacial score (nSPS) is 19.3. The van der Waals surface area contributed by atoms with E-state index in [1.54, 1.807) is 13.2 Å². The number of aromatic nitrogens is 1. The molecule has 1 aromatic carbocycles. The van der Waals surface area contributed by atoms with Gasteiger partial charge in [0.1, 0.15) is 10.9 Å². The van der Waals surface area contributed by atoms with Gasteiger partial charge in [0, 0.05) is 12.1 Å². The molecule has 8 heteroatoms. The van der Waals surface area contributed by atoms with E-state index in [2.05, 4.69) is 9.71 Å². The number of rotatable bonds is 6. The summed E-state index contributed by atoms with van der Waals surface area (Å²) in [6, 6.07) is 10.5. The molecule has 0 spiro atoms. The summed E-state index contributed by atoms with van der Waals surface area (Å²) in [5.74, 6) is -0.409. The lowest BCUT2D eigenvalue weighted by atomic mass is 10.1. The number of nitrogens with one attached hydrogen (secondary N) is 1. The van der Waals surface area contributed by atoms with Gasteiger partial charge >= 0.3 is 0 Å². The Kier molecular flexibility index (Phi) is 4.96. The number of carbonyl (C=O) groups excluding carboxylic acids is 1. The van der Waals surface area contributed by atoms with E-state index in [1.807, 2.05) is 24.3 Å². The Morgan fingerprint density at radius 1 is 1.36 bits per heavy atom. The van der Waals surface area contributed by atoms with Gasteiger partial charge in [-0.15, -0.1) is 0 Å². The third-order valence-corrected chi connectivity index (χ3v) is 5.50. The maximum Gasteiger partial charge on any atom is 0.239 e. The summed E-state index contributed by atoms with van der Waals surface area (Å²) in [5, 5.41) is 0.282. The van der Waals surface area contributed by atoms with Gasteiger partial charge in [0.05, 0.1) is 12.9 Å². The van der Waals surface area contributed by atoms with Crippen LogP contribution in [0.5, 0.6) is 5.75 Å². The lowest BCUT2D eigenvalue weighted by molar-refractivity contribution is -0.120. The monoisotopic (exact) mass is 380 g/mol. The van der Waals surface area contributed by atoms with Crippen molar-refractivity contribution in [1.82, 2.24) is 9.71 Å². The minimum Gasteiger partial charge on any atom is -0.497 e. The van der Waals surface area contributed by atoms with Gasteiger partial charge in [-0.2, -0.15) is 0 Å². The van der Waals surface area contributed by atoms with Gasteiger partial charge in [0.25, 0.3) is 0 Å². The summed E-state index contributed by atoms with van der Waals surface area (Å²) < 4.78 is 31.6. The van der Waals surface area contributed by atoms with Crippen LogP contribution in [0.3, 0.4) is 0 Å². The highest BCUT2D eigenvalue weighted by Crippen LogP contribution is 2.48. The number of methoxy groups -OCH3 is 1. The lowest BCUT2D eigenvalue weighted by Crippen LogP contribution is -2.33. The fourth-order valence-corrected chi connectivity index (χ4v) is 3.95. The quantitative estimate of drug-likeness (QED) is 0.778. The summed E-state index contributed by atoms with van der Waals surface area (Å²) in [4.78, 5) is 16.1. The highest BCUT2D eigenvalue weighted by molar-refractivity contribution is 7.89. The van der Waals surface area contributed by atoms with Crippen molar-refractivity contribution in [2.45, 2.75) is 18.1 Å². The smallest absolute Gasteiger partial charge is 0.239 e. The Morgan fingerprint density at radius 2 is 2.16 bits per heavy atom. The number of nitrogens with zero attached hydrogens (tertiary/aromatic N) is 1. The second-order valence-electron chi connectivity index (χ2n) is 5.94. The van der Waals surface area contributed by atoms with Gasteiger partial charge in [0.2, 0.25) is 15.9 Å². The first-order valence-corrected chi connectivity index (χ1v) is 9.70. The van der Waals surface area contributed by atoms with Crippen molar-refractivity contribution in [3.05, 3.63) is 58.9 Å². The Labute approximate surface area is 151 Å². The van der Waals surface area contributed by atoms with Crippen LogP contribution in [0.25, 0.3) is 0 Å². The molecular formula is C17H17ClN2O4S. The molecule has 1 aliphatic rings. The van der Waals surface area contributed by atoms with Crippen LogP contribution in [-0.2, 0) is 20.6 Å². The fraction of sp³-hybridized carbons (Fsp3) is 0.294. The third kappa shape index (κ3) is 4.49. The first-order valence-electron chi connectivity index (χ1n) is 7.66. The first kappa shape index (κ1) is 17.7. The van der Waals surface area contributed by atoms with E-state index in [0.29, 0.717) is 17.7 Å². The molecule has 1 aromatic heterocycles. The van der Waals surface area contributed by atoms with Crippen LogP contribution >= 0.6 is 11.6 Å². The number of halogens is 1. The maximum absolute atomic E-state index is 12.2. The Balaban J connectivity index is 1.61. The van der Waals surface area contributed by atoms with E-state index in [4.69, 9.17) is 16.3 Å². The second-order valence-corrected chi connectivity index (χ2v) is 8.05. The number of amides is 1. The maximum atomic E-state index is 12.2. The van der Waals surface area contributed by atoms with Gasteiger partial charge < -0.3 is 4.74 Å². The van der Waals surface area contributed by atoms with Gasteiger partial charge in [-0.25, -0.2) is 13.4 Å². The highest BCUT2D eigenvalue weighted by atomic mass is 35.5. The van der Waals surface area contributed by atoms with Gasteiger partial charge in [-0.3, -0.25) is 9.52 Å². The molecule has 1 saturated carbocycles. The number of hydrogen-bond acceptors (Lipinski definition) is 5. The zero-order valence-corrected chi connectivity index (χ0v) is 15.0. The summed E-state index contributed by atoms with van der Waals surface area (Å²) >= 11 is 5.67. The van der Waals surface area contributed by atoms with Crippen LogP contribution in [0, 0.1) is 5.92 Å². The van der Waals surface area contributed by atoms with E-state index < -0.39 is 15.9 Å². The van der Waals surface area contributed by atoms with Crippen molar-refractivity contribution in [3.8, 4) is 5.75 Å². The van der Waals surface area contributed by atoms with Crippen LogP contribution in [-0.4, -0.2) is 26.4 Å². The number of ether oxygens (including phenoxy) is 1. The molecule has 1 fully saturated rings. The van der Waals surface area contributed by atoms with E-state index in [9.17, 15) is 13.2 Å². The molecule has 0 aliphatic heterocycles. The largest absolute Gasteiger partial charge is 0.497 e. The summed E-state index contributed by atoms with van der Waals surface area (Å²) in [6.07, 6.45) is 2.00. The van der Waals surface area contributed by atoms with E-state index in [1.165, 1.54) is 12.3 Å². The molecule has 2 aromatic rings. The van der Waals surface area contributed by atoms with Crippen LogP contribution < -0.4 is 9.46 Å². The fourth-order valence-electron chi connectivity index (χ4n) is 2.70. The van der Waals surface area contributed by atoms with Crippen molar-refractivity contribution in [2.75, 3.05) is 7.11 Å². The van der Waals surface area contributed by atoms with Crippen molar-refractivity contribution < 1.29 is 17.9 Å². The van der Waals surface area contributed by atoms with Crippen molar-refractivity contribution >= 4 is 27.5 Å². The van der Waals surface area contributed by atoms with Gasteiger partial charge in [-0.05, 0) is 41.7 Å². The molecule has 3 rings (SSSR count). The zero-order chi connectivity index (χ0) is 18.0. The topological polar surface area (TPSA) is 85.4 Å². The molecule has 132 valence electrons.